The van der Waals surface area contributed by atoms with Gasteiger partial charge in [-0.25, -0.2) is 0 Å². The Labute approximate surface area is 159 Å². The lowest BCUT2D eigenvalue weighted by molar-refractivity contribution is -0.128. The third kappa shape index (κ3) is 4.87. The lowest BCUT2D eigenvalue weighted by Crippen LogP contribution is -2.33. The number of amides is 2. The summed E-state index contributed by atoms with van der Waals surface area (Å²) in [5.41, 5.74) is 0.757. The molecule has 1 heterocycles. The maximum Gasteiger partial charge on any atom is 0.242 e. The van der Waals surface area contributed by atoms with Gasteiger partial charge in [0.25, 0.3) is 0 Å². The van der Waals surface area contributed by atoms with Gasteiger partial charge in [-0.1, -0.05) is 55.6 Å². The molecule has 0 radical (unpaired) electrons. The average molecular weight is 374 g/mol. The summed E-state index contributed by atoms with van der Waals surface area (Å²) < 4.78 is 0. The van der Waals surface area contributed by atoms with Crippen molar-refractivity contribution in [2.45, 2.75) is 63.2 Å². The van der Waals surface area contributed by atoms with Gasteiger partial charge in [0.05, 0.1) is 6.04 Å². The molecule has 0 aromatic heterocycles. The van der Waals surface area contributed by atoms with Gasteiger partial charge in [0, 0.05) is 18.7 Å². The van der Waals surface area contributed by atoms with Crippen LogP contribution in [-0.2, 0) is 9.59 Å². The minimum absolute atomic E-state index is 0.00748. The molecular weight excluding hydrogens is 346 g/mol. The summed E-state index contributed by atoms with van der Waals surface area (Å²) in [7, 11) is 0. The molecule has 1 saturated heterocycles. The van der Waals surface area contributed by atoms with Gasteiger partial charge < -0.3 is 5.32 Å². The minimum atomic E-state index is -0.372. The number of rotatable bonds is 5. The first-order chi connectivity index (χ1) is 12.7. The van der Waals surface area contributed by atoms with Gasteiger partial charge >= 0.3 is 0 Å². The van der Waals surface area contributed by atoms with Crippen LogP contribution in [0.15, 0.2) is 35.3 Å². The number of carbonyl (C=O) groups excluding carboxylic acids is 2. The fourth-order valence-electron chi connectivity index (χ4n) is 3.47. The van der Waals surface area contributed by atoms with Crippen molar-refractivity contribution in [2.75, 3.05) is 11.9 Å². The van der Waals surface area contributed by atoms with E-state index in [2.05, 4.69) is 5.32 Å². The molecule has 1 saturated carbocycles. The van der Waals surface area contributed by atoms with Crippen LogP contribution in [0.1, 0.15) is 51.9 Å². The van der Waals surface area contributed by atoms with Gasteiger partial charge in [0.15, 0.2) is 5.17 Å². The zero-order valence-electron chi connectivity index (χ0n) is 15.3. The van der Waals surface area contributed by atoms with Crippen molar-refractivity contribution in [1.29, 1.82) is 0 Å². The van der Waals surface area contributed by atoms with E-state index in [4.69, 9.17) is 4.99 Å². The molecule has 0 bridgehead atoms. The number of nitrogens with one attached hydrogen (secondary N) is 1. The Kier molecular flexibility index (Phi) is 6.72. The van der Waals surface area contributed by atoms with E-state index >= 15 is 0 Å². The number of benzene rings is 1. The van der Waals surface area contributed by atoms with Crippen LogP contribution in [0.25, 0.3) is 0 Å². The van der Waals surface area contributed by atoms with Crippen molar-refractivity contribution in [3.05, 3.63) is 30.3 Å². The molecule has 1 aliphatic heterocycles. The van der Waals surface area contributed by atoms with Crippen molar-refractivity contribution < 1.29 is 9.59 Å². The molecule has 0 spiro atoms. The van der Waals surface area contributed by atoms with Crippen molar-refractivity contribution >= 4 is 34.4 Å². The molecule has 3 rings (SSSR count). The minimum Gasteiger partial charge on any atom is -0.326 e. The summed E-state index contributed by atoms with van der Waals surface area (Å²) in [6, 6.07) is 9.67. The third-order valence-corrected chi connectivity index (χ3v) is 6.07. The van der Waals surface area contributed by atoms with E-state index in [-0.39, 0.29) is 23.5 Å². The quantitative estimate of drug-likeness (QED) is 0.792. The lowest BCUT2D eigenvalue weighted by atomic mass is 10.1. The summed E-state index contributed by atoms with van der Waals surface area (Å²) in [6.45, 7) is 2.57. The Hall–Kier alpha value is -1.82. The Morgan fingerprint density at radius 1 is 1.19 bits per heavy atom. The van der Waals surface area contributed by atoms with Gasteiger partial charge in [-0.3, -0.25) is 19.5 Å². The van der Waals surface area contributed by atoms with E-state index in [1.165, 1.54) is 37.4 Å². The van der Waals surface area contributed by atoms with E-state index in [0.29, 0.717) is 12.6 Å². The fraction of sp³-hybridized carbons (Fsp3) is 0.550. The van der Waals surface area contributed by atoms with Crippen LogP contribution in [0.3, 0.4) is 0 Å². The number of thioether (sulfide) groups is 1. The van der Waals surface area contributed by atoms with Crippen LogP contribution in [0.4, 0.5) is 5.69 Å². The second-order valence-corrected chi connectivity index (χ2v) is 8.03. The maximum atomic E-state index is 12.7. The Bertz CT molecular complexity index is 654. The highest BCUT2D eigenvalue weighted by Gasteiger charge is 2.38. The highest BCUT2D eigenvalue weighted by molar-refractivity contribution is 8.15. The molecule has 0 unspecified atom stereocenters. The Morgan fingerprint density at radius 2 is 1.88 bits per heavy atom. The Morgan fingerprint density at radius 3 is 2.54 bits per heavy atom. The molecule has 2 aliphatic rings. The first kappa shape index (κ1) is 19.0. The molecule has 1 N–H and O–H groups in total. The highest BCUT2D eigenvalue weighted by atomic mass is 32.2. The van der Waals surface area contributed by atoms with Crippen LogP contribution in [-0.4, -0.2) is 39.7 Å². The number of hydrogen-bond acceptors (Lipinski definition) is 4. The van der Waals surface area contributed by atoms with Crippen LogP contribution in [0.5, 0.6) is 0 Å². The monoisotopic (exact) mass is 373 g/mol. The van der Waals surface area contributed by atoms with Crippen LogP contribution in [0, 0.1) is 0 Å². The molecule has 2 amide bonds. The van der Waals surface area contributed by atoms with E-state index < -0.39 is 0 Å². The van der Waals surface area contributed by atoms with Crippen molar-refractivity contribution in [1.82, 2.24) is 4.90 Å². The average Bonchev–Trinajstić information content (AvgIpc) is 2.80. The molecule has 1 atom stereocenters. The molecule has 1 aliphatic carbocycles. The van der Waals surface area contributed by atoms with Crippen molar-refractivity contribution in [3.63, 3.8) is 0 Å². The van der Waals surface area contributed by atoms with E-state index in [0.717, 1.165) is 23.7 Å². The zero-order valence-corrected chi connectivity index (χ0v) is 16.1. The topological polar surface area (TPSA) is 61.8 Å². The molecule has 1 aromatic rings. The second-order valence-electron chi connectivity index (χ2n) is 6.86. The summed E-state index contributed by atoms with van der Waals surface area (Å²) >= 11 is 1.46. The smallest absolute Gasteiger partial charge is 0.242 e. The number of nitrogens with zero attached hydrogens (tertiary/aromatic N) is 2. The van der Waals surface area contributed by atoms with Crippen LogP contribution >= 0.6 is 11.8 Å². The highest BCUT2D eigenvalue weighted by Crippen LogP contribution is 2.31. The standard InChI is InChI=1S/C20H27N3O2S/c1-2-23-19(25)17(14-18(24)21-15-10-8-5-9-11-15)26-20(23)22-16-12-6-3-4-7-13-16/h5,8-11,16-17H,2-4,6-7,12-14H2,1H3,(H,21,24)/t17-/m0/s1. The van der Waals surface area contributed by atoms with E-state index in [9.17, 15) is 9.59 Å². The summed E-state index contributed by atoms with van der Waals surface area (Å²) in [5.74, 6) is -0.123. The van der Waals surface area contributed by atoms with Gasteiger partial charge in [0.2, 0.25) is 11.8 Å². The second kappa shape index (κ2) is 9.21. The van der Waals surface area contributed by atoms with Gasteiger partial charge in [-0.2, -0.15) is 0 Å². The fourth-order valence-corrected chi connectivity index (χ4v) is 4.75. The summed E-state index contributed by atoms with van der Waals surface area (Å²) in [6.07, 6.45) is 7.40. The lowest BCUT2D eigenvalue weighted by Gasteiger charge is -2.16. The first-order valence-corrected chi connectivity index (χ1v) is 10.5. The van der Waals surface area contributed by atoms with Gasteiger partial charge in [-0.05, 0) is 31.9 Å². The van der Waals surface area contributed by atoms with Crippen LogP contribution in [0.2, 0.25) is 0 Å². The number of hydrogen-bond donors (Lipinski definition) is 1. The number of amidine groups is 1. The molecular formula is C20H27N3O2S. The summed E-state index contributed by atoms with van der Waals surface area (Å²) in [4.78, 5) is 31.6. The van der Waals surface area contributed by atoms with E-state index in [1.807, 2.05) is 37.3 Å². The molecule has 1 aromatic carbocycles. The normalized spacial score (nSPS) is 23.3. The zero-order chi connectivity index (χ0) is 18.4. The first-order valence-electron chi connectivity index (χ1n) is 9.58. The summed E-state index contributed by atoms with van der Waals surface area (Å²) in [5, 5.41) is 3.30. The van der Waals surface area contributed by atoms with Crippen LogP contribution < -0.4 is 5.32 Å². The number of aliphatic imine (C=N–C) groups is 1. The maximum absolute atomic E-state index is 12.7. The molecule has 2 fully saturated rings. The molecule has 5 nitrogen and oxygen atoms in total. The van der Waals surface area contributed by atoms with E-state index in [1.54, 1.807) is 4.90 Å². The molecule has 6 heteroatoms. The van der Waals surface area contributed by atoms with Gasteiger partial charge in [-0.15, -0.1) is 0 Å². The van der Waals surface area contributed by atoms with Crippen molar-refractivity contribution in [2.24, 2.45) is 4.99 Å². The van der Waals surface area contributed by atoms with Gasteiger partial charge in [0.1, 0.15) is 5.25 Å². The predicted octanol–water partition coefficient (Wildman–Crippen LogP) is 4.06. The largest absolute Gasteiger partial charge is 0.326 e. The van der Waals surface area contributed by atoms with Crippen molar-refractivity contribution in [3.8, 4) is 0 Å². The number of anilines is 1. The SMILES string of the molecule is CCN1C(=O)[C@H](CC(=O)Nc2ccccc2)SC1=NC1CCCCCC1. The molecule has 26 heavy (non-hydrogen) atoms. The Balaban J connectivity index is 1.63. The number of carbonyl (C=O) groups is 2. The predicted molar refractivity (Wildman–Crippen MR) is 107 cm³/mol. The molecule has 140 valence electrons. The third-order valence-electron chi connectivity index (χ3n) is 4.88. The number of para-hydroxylation sites is 1.